The van der Waals surface area contributed by atoms with Gasteiger partial charge in [0.15, 0.2) is 0 Å². The minimum atomic E-state index is -0.502. The van der Waals surface area contributed by atoms with Crippen molar-refractivity contribution in [2.45, 2.75) is 45.1 Å². The van der Waals surface area contributed by atoms with Gasteiger partial charge in [-0.2, -0.15) is 0 Å². The van der Waals surface area contributed by atoms with E-state index >= 15 is 0 Å². The number of rotatable bonds is 3. The Balaban J connectivity index is 2.07. The van der Waals surface area contributed by atoms with Crippen molar-refractivity contribution in [3.63, 3.8) is 0 Å². The second-order valence-corrected chi connectivity index (χ2v) is 5.74. The third-order valence-electron chi connectivity index (χ3n) is 4.48. The Bertz CT molecular complexity index is 481. The van der Waals surface area contributed by atoms with Crippen LogP contribution < -0.4 is 5.73 Å². The smallest absolute Gasteiger partial charge is 0.256 e. The number of benzene rings is 1. The lowest BCUT2D eigenvalue weighted by molar-refractivity contribution is 0.0670. The number of amides is 1. The van der Waals surface area contributed by atoms with E-state index < -0.39 is 5.82 Å². The maximum absolute atomic E-state index is 13.8. The number of halogens is 1. The molecule has 0 saturated heterocycles. The molecule has 110 valence electrons. The number of hydrogen-bond acceptors (Lipinski definition) is 2. The van der Waals surface area contributed by atoms with Crippen LogP contribution in [0.25, 0.3) is 0 Å². The van der Waals surface area contributed by atoms with Gasteiger partial charge in [-0.25, -0.2) is 4.39 Å². The van der Waals surface area contributed by atoms with Crippen molar-refractivity contribution in [2.75, 3.05) is 12.8 Å². The highest BCUT2D eigenvalue weighted by atomic mass is 19.1. The Morgan fingerprint density at radius 1 is 1.35 bits per heavy atom. The largest absolute Gasteiger partial charge is 0.399 e. The van der Waals surface area contributed by atoms with Gasteiger partial charge in [0, 0.05) is 18.8 Å². The molecule has 0 bridgehead atoms. The Morgan fingerprint density at radius 2 is 2.00 bits per heavy atom. The third-order valence-corrected chi connectivity index (χ3v) is 4.48. The molecule has 2 rings (SSSR count). The summed E-state index contributed by atoms with van der Waals surface area (Å²) in [5.74, 6) is 0.00639. The molecule has 0 unspecified atom stereocenters. The van der Waals surface area contributed by atoms with E-state index in [0.717, 1.165) is 31.6 Å². The van der Waals surface area contributed by atoms with E-state index in [1.807, 2.05) is 0 Å². The van der Waals surface area contributed by atoms with Gasteiger partial charge in [-0.05, 0) is 49.8 Å². The van der Waals surface area contributed by atoms with Crippen molar-refractivity contribution < 1.29 is 9.18 Å². The first-order valence-corrected chi connectivity index (χ1v) is 7.35. The number of nitrogen functional groups attached to an aromatic ring is 1. The van der Waals surface area contributed by atoms with Crippen LogP contribution in [0.1, 0.15) is 49.4 Å². The minimum absolute atomic E-state index is 0.0742. The van der Waals surface area contributed by atoms with Crippen LogP contribution in [0.4, 0.5) is 10.1 Å². The maximum Gasteiger partial charge on any atom is 0.256 e. The van der Waals surface area contributed by atoms with Crippen molar-refractivity contribution in [1.29, 1.82) is 0 Å². The lowest BCUT2D eigenvalue weighted by Crippen LogP contribution is -2.39. The fraction of sp³-hybridized carbons (Fsp3) is 0.562. The predicted octanol–water partition coefficient (Wildman–Crippen LogP) is 3.45. The molecule has 1 aliphatic carbocycles. The number of carbonyl (C=O) groups is 1. The van der Waals surface area contributed by atoms with Gasteiger partial charge in [0.1, 0.15) is 5.82 Å². The molecule has 1 aromatic carbocycles. The molecule has 3 nitrogen and oxygen atoms in total. The predicted molar refractivity (Wildman–Crippen MR) is 78.9 cm³/mol. The van der Waals surface area contributed by atoms with Crippen molar-refractivity contribution in [1.82, 2.24) is 4.90 Å². The van der Waals surface area contributed by atoms with Crippen LogP contribution in [0.15, 0.2) is 18.2 Å². The van der Waals surface area contributed by atoms with E-state index in [0.29, 0.717) is 5.69 Å². The highest BCUT2D eigenvalue weighted by Gasteiger charge is 2.27. The second-order valence-electron chi connectivity index (χ2n) is 5.74. The van der Waals surface area contributed by atoms with Crippen LogP contribution in [0.5, 0.6) is 0 Å². The first-order chi connectivity index (χ1) is 9.52. The van der Waals surface area contributed by atoms with E-state index in [1.54, 1.807) is 11.9 Å². The highest BCUT2D eigenvalue weighted by Crippen LogP contribution is 2.29. The summed E-state index contributed by atoms with van der Waals surface area (Å²) in [5, 5.41) is 0. The van der Waals surface area contributed by atoms with Crippen molar-refractivity contribution in [3.8, 4) is 0 Å². The summed E-state index contributed by atoms with van der Waals surface area (Å²) in [6.45, 7) is 2.21. The SMILES string of the molecule is CCC1CCC(N(C)C(=O)c2cc(N)ccc2F)CC1. The summed E-state index contributed by atoms with van der Waals surface area (Å²) in [4.78, 5) is 14.1. The normalized spacial score (nSPS) is 22.6. The number of nitrogens with two attached hydrogens (primary N) is 1. The number of carbonyl (C=O) groups excluding carboxylic acids is 1. The van der Waals surface area contributed by atoms with Gasteiger partial charge in [0.05, 0.1) is 5.56 Å². The maximum atomic E-state index is 13.8. The molecule has 0 aliphatic heterocycles. The van der Waals surface area contributed by atoms with Gasteiger partial charge >= 0.3 is 0 Å². The zero-order valence-electron chi connectivity index (χ0n) is 12.2. The molecule has 0 aromatic heterocycles. The molecule has 1 fully saturated rings. The van der Waals surface area contributed by atoms with Crippen LogP contribution in [0.3, 0.4) is 0 Å². The van der Waals surface area contributed by atoms with Gasteiger partial charge in [-0.1, -0.05) is 13.3 Å². The summed E-state index contributed by atoms with van der Waals surface area (Å²) in [6.07, 6.45) is 5.51. The standard InChI is InChI=1S/C16H23FN2O/c1-3-11-4-7-13(8-5-11)19(2)16(20)14-10-12(18)6-9-15(14)17/h6,9-11,13H,3-5,7-8,18H2,1-2H3. The molecular formula is C16H23FN2O. The number of hydrogen-bond donors (Lipinski definition) is 1. The molecule has 2 N–H and O–H groups in total. The van der Waals surface area contributed by atoms with Crippen molar-refractivity contribution >= 4 is 11.6 Å². The van der Waals surface area contributed by atoms with E-state index in [4.69, 9.17) is 5.73 Å². The van der Waals surface area contributed by atoms with Crippen LogP contribution in [-0.4, -0.2) is 23.9 Å². The monoisotopic (exact) mass is 278 g/mol. The second kappa shape index (κ2) is 6.25. The first-order valence-electron chi connectivity index (χ1n) is 7.35. The van der Waals surface area contributed by atoms with E-state index in [-0.39, 0.29) is 17.5 Å². The van der Waals surface area contributed by atoms with Gasteiger partial charge in [0.25, 0.3) is 5.91 Å². The minimum Gasteiger partial charge on any atom is -0.399 e. The zero-order chi connectivity index (χ0) is 14.7. The van der Waals surface area contributed by atoms with E-state index in [1.165, 1.54) is 24.6 Å². The lowest BCUT2D eigenvalue weighted by Gasteiger charge is -2.34. The molecule has 0 spiro atoms. The fourth-order valence-electron chi connectivity index (χ4n) is 3.00. The van der Waals surface area contributed by atoms with Crippen LogP contribution in [0, 0.1) is 11.7 Å². The van der Waals surface area contributed by atoms with Crippen LogP contribution in [0.2, 0.25) is 0 Å². The summed E-state index contributed by atoms with van der Waals surface area (Å²) in [7, 11) is 1.77. The Morgan fingerprint density at radius 3 is 2.60 bits per heavy atom. The Hall–Kier alpha value is -1.58. The van der Waals surface area contributed by atoms with E-state index in [2.05, 4.69) is 6.92 Å². The zero-order valence-corrected chi connectivity index (χ0v) is 12.2. The van der Waals surface area contributed by atoms with Crippen LogP contribution in [-0.2, 0) is 0 Å². The summed E-state index contributed by atoms with van der Waals surface area (Å²) in [5.41, 5.74) is 6.13. The molecular weight excluding hydrogens is 255 g/mol. The van der Waals surface area contributed by atoms with Gasteiger partial charge in [-0.15, -0.1) is 0 Å². The van der Waals surface area contributed by atoms with Gasteiger partial charge in [0.2, 0.25) is 0 Å². The first kappa shape index (κ1) is 14.8. The number of nitrogens with zero attached hydrogens (tertiary/aromatic N) is 1. The molecule has 4 heteroatoms. The molecule has 0 heterocycles. The third kappa shape index (κ3) is 3.11. The fourth-order valence-corrected chi connectivity index (χ4v) is 3.00. The molecule has 1 aromatic rings. The molecule has 1 saturated carbocycles. The molecule has 0 atom stereocenters. The quantitative estimate of drug-likeness (QED) is 0.861. The summed E-state index contributed by atoms with van der Waals surface area (Å²) in [6, 6.07) is 4.36. The molecule has 0 radical (unpaired) electrons. The lowest BCUT2D eigenvalue weighted by atomic mass is 9.84. The van der Waals surface area contributed by atoms with Crippen LogP contribution >= 0.6 is 0 Å². The molecule has 20 heavy (non-hydrogen) atoms. The molecule has 1 aliphatic rings. The average Bonchev–Trinajstić information content (AvgIpc) is 2.48. The summed E-state index contributed by atoms with van der Waals surface area (Å²) >= 11 is 0. The Kier molecular flexibility index (Phi) is 4.63. The van der Waals surface area contributed by atoms with Crippen molar-refractivity contribution in [3.05, 3.63) is 29.6 Å². The Labute approximate surface area is 120 Å². The van der Waals surface area contributed by atoms with Crippen molar-refractivity contribution in [2.24, 2.45) is 5.92 Å². The highest BCUT2D eigenvalue weighted by molar-refractivity contribution is 5.95. The average molecular weight is 278 g/mol. The topological polar surface area (TPSA) is 46.3 Å². The van der Waals surface area contributed by atoms with Gasteiger partial charge < -0.3 is 10.6 Å². The number of anilines is 1. The van der Waals surface area contributed by atoms with E-state index in [9.17, 15) is 9.18 Å². The molecule has 1 amide bonds. The van der Waals surface area contributed by atoms with Gasteiger partial charge in [-0.3, -0.25) is 4.79 Å². The summed E-state index contributed by atoms with van der Waals surface area (Å²) < 4.78 is 13.8.